The smallest absolute Gasteiger partial charge is 0.305 e. The van der Waals surface area contributed by atoms with E-state index in [0.717, 1.165) is 17.2 Å². The number of nitro benzene ring substituents is 1. The van der Waals surface area contributed by atoms with Crippen molar-refractivity contribution in [1.82, 2.24) is 5.32 Å². The third-order valence-electron chi connectivity index (χ3n) is 3.20. The van der Waals surface area contributed by atoms with Gasteiger partial charge < -0.3 is 5.32 Å². The molecule has 2 rings (SSSR count). The number of halogens is 2. The van der Waals surface area contributed by atoms with Crippen LogP contribution in [0.3, 0.4) is 0 Å². The second-order valence-electron chi connectivity index (χ2n) is 4.68. The Hall–Kier alpha value is -2.34. The molecule has 0 bridgehead atoms. The van der Waals surface area contributed by atoms with Crippen molar-refractivity contribution in [2.24, 2.45) is 0 Å². The quantitative estimate of drug-likeness (QED) is 0.678. The number of nitro groups is 1. The van der Waals surface area contributed by atoms with Crippen molar-refractivity contribution in [2.75, 3.05) is 0 Å². The highest BCUT2D eigenvalue weighted by Gasteiger charge is 2.18. The molecule has 6 heteroatoms. The van der Waals surface area contributed by atoms with Crippen LogP contribution in [-0.4, -0.2) is 4.92 Å². The van der Waals surface area contributed by atoms with Crippen LogP contribution < -0.4 is 5.32 Å². The molecule has 0 aromatic heterocycles. The van der Waals surface area contributed by atoms with Gasteiger partial charge in [0.05, 0.1) is 4.92 Å². The first-order valence-electron chi connectivity index (χ1n) is 6.36. The summed E-state index contributed by atoms with van der Waals surface area (Å²) in [6.45, 7) is 2.54. The van der Waals surface area contributed by atoms with Crippen LogP contribution in [-0.2, 0) is 13.1 Å². The van der Waals surface area contributed by atoms with Gasteiger partial charge in [0.2, 0.25) is 5.82 Å². The van der Waals surface area contributed by atoms with Gasteiger partial charge in [0, 0.05) is 30.8 Å². The number of rotatable bonds is 5. The molecule has 0 heterocycles. The summed E-state index contributed by atoms with van der Waals surface area (Å²) in [6.07, 6.45) is 0. The summed E-state index contributed by atoms with van der Waals surface area (Å²) in [7, 11) is 0. The second kappa shape index (κ2) is 6.41. The van der Waals surface area contributed by atoms with Crippen LogP contribution in [0.25, 0.3) is 0 Å². The molecule has 0 aliphatic rings. The summed E-state index contributed by atoms with van der Waals surface area (Å²) in [4.78, 5) is 9.79. The highest BCUT2D eigenvalue weighted by atomic mass is 19.1. The average molecular weight is 292 g/mol. The predicted molar refractivity (Wildman–Crippen MR) is 74.7 cm³/mol. The molecule has 0 saturated carbocycles. The van der Waals surface area contributed by atoms with Gasteiger partial charge in [-0.05, 0) is 18.1 Å². The Morgan fingerprint density at radius 1 is 1.10 bits per heavy atom. The number of hydrogen-bond acceptors (Lipinski definition) is 3. The largest absolute Gasteiger partial charge is 0.308 e. The molecule has 0 saturated heterocycles. The Labute approximate surface area is 120 Å². The minimum Gasteiger partial charge on any atom is -0.308 e. The van der Waals surface area contributed by atoms with Crippen molar-refractivity contribution in [2.45, 2.75) is 20.0 Å². The Morgan fingerprint density at radius 3 is 2.43 bits per heavy atom. The van der Waals surface area contributed by atoms with E-state index in [9.17, 15) is 18.9 Å². The van der Waals surface area contributed by atoms with Crippen LogP contribution in [0.1, 0.15) is 16.7 Å². The standard InChI is InChI=1S/C15H14F2N2O2/c1-10-4-2-3-5-11(10)8-18-9-12-6-15(19(20)21)14(17)7-13(12)16/h2-7,18H,8-9H2,1H3. The molecule has 0 spiro atoms. The summed E-state index contributed by atoms with van der Waals surface area (Å²) >= 11 is 0. The minimum absolute atomic E-state index is 0.0664. The van der Waals surface area contributed by atoms with Crippen LogP contribution in [0, 0.1) is 28.7 Å². The molecule has 0 aliphatic heterocycles. The predicted octanol–water partition coefficient (Wildman–Crippen LogP) is 3.47. The Morgan fingerprint density at radius 2 is 1.76 bits per heavy atom. The third-order valence-corrected chi connectivity index (χ3v) is 3.20. The van der Waals surface area contributed by atoms with Crippen molar-refractivity contribution >= 4 is 5.69 Å². The molecule has 2 aromatic carbocycles. The highest BCUT2D eigenvalue weighted by Crippen LogP contribution is 2.21. The van der Waals surface area contributed by atoms with E-state index < -0.39 is 22.2 Å². The third kappa shape index (κ3) is 3.61. The van der Waals surface area contributed by atoms with E-state index in [1.807, 2.05) is 31.2 Å². The molecule has 0 amide bonds. The van der Waals surface area contributed by atoms with Gasteiger partial charge in [-0.15, -0.1) is 0 Å². The maximum absolute atomic E-state index is 13.6. The SMILES string of the molecule is Cc1ccccc1CNCc1cc([N+](=O)[O-])c(F)cc1F. The normalized spacial score (nSPS) is 10.6. The fourth-order valence-electron chi connectivity index (χ4n) is 2.00. The van der Waals surface area contributed by atoms with E-state index in [-0.39, 0.29) is 12.1 Å². The lowest BCUT2D eigenvalue weighted by Crippen LogP contribution is -2.15. The Kier molecular flexibility index (Phi) is 4.59. The maximum Gasteiger partial charge on any atom is 0.305 e. The number of nitrogens with one attached hydrogen (secondary N) is 1. The van der Waals surface area contributed by atoms with E-state index >= 15 is 0 Å². The van der Waals surface area contributed by atoms with Crippen molar-refractivity contribution in [3.05, 3.63) is 74.8 Å². The van der Waals surface area contributed by atoms with Gasteiger partial charge in [-0.2, -0.15) is 4.39 Å². The summed E-state index contributed by atoms with van der Waals surface area (Å²) in [5, 5.41) is 13.6. The Balaban J connectivity index is 2.08. The van der Waals surface area contributed by atoms with Gasteiger partial charge in [-0.1, -0.05) is 24.3 Å². The molecule has 1 N–H and O–H groups in total. The lowest BCUT2D eigenvalue weighted by atomic mass is 10.1. The van der Waals surface area contributed by atoms with Crippen molar-refractivity contribution in [1.29, 1.82) is 0 Å². The maximum atomic E-state index is 13.6. The number of aryl methyl sites for hydroxylation is 1. The molecule has 0 atom stereocenters. The molecule has 0 fully saturated rings. The van der Waals surface area contributed by atoms with E-state index in [4.69, 9.17) is 0 Å². The minimum atomic E-state index is -1.17. The zero-order valence-corrected chi connectivity index (χ0v) is 11.4. The van der Waals surface area contributed by atoms with Crippen LogP contribution in [0.2, 0.25) is 0 Å². The molecule has 110 valence electrons. The summed E-state index contributed by atoms with van der Waals surface area (Å²) in [5.74, 6) is -1.96. The average Bonchev–Trinajstić information content (AvgIpc) is 2.42. The van der Waals surface area contributed by atoms with Gasteiger partial charge >= 0.3 is 5.69 Å². The molecular formula is C15H14F2N2O2. The van der Waals surface area contributed by atoms with Gasteiger partial charge in [0.15, 0.2) is 0 Å². The van der Waals surface area contributed by atoms with Crippen molar-refractivity contribution < 1.29 is 13.7 Å². The first kappa shape index (κ1) is 15.1. The monoisotopic (exact) mass is 292 g/mol. The molecule has 0 radical (unpaired) electrons. The lowest BCUT2D eigenvalue weighted by molar-refractivity contribution is -0.387. The highest BCUT2D eigenvalue weighted by molar-refractivity contribution is 5.37. The molecule has 2 aromatic rings. The summed E-state index contributed by atoms with van der Waals surface area (Å²) < 4.78 is 26.8. The van der Waals surface area contributed by atoms with E-state index in [1.54, 1.807) is 0 Å². The van der Waals surface area contributed by atoms with Crippen molar-refractivity contribution in [3.8, 4) is 0 Å². The number of nitrogens with zero attached hydrogens (tertiary/aromatic N) is 1. The van der Waals surface area contributed by atoms with Gasteiger partial charge in [0.25, 0.3) is 0 Å². The van der Waals surface area contributed by atoms with E-state index in [0.29, 0.717) is 12.6 Å². The summed E-state index contributed by atoms with van der Waals surface area (Å²) in [5.41, 5.74) is 1.49. The van der Waals surface area contributed by atoms with E-state index in [2.05, 4.69) is 5.32 Å². The topological polar surface area (TPSA) is 55.2 Å². The van der Waals surface area contributed by atoms with Gasteiger partial charge in [-0.3, -0.25) is 10.1 Å². The van der Waals surface area contributed by atoms with Crippen LogP contribution in [0.15, 0.2) is 36.4 Å². The molecule has 0 unspecified atom stereocenters. The first-order valence-corrected chi connectivity index (χ1v) is 6.36. The molecular weight excluding hydrogens is 278 g/mol. The summed E-state index contributed by atoms with van der Waals surface area (Å²) in [6, 6.07) is 9.18. The van der Waals surface area contributed by atoms with Gasteiger partial charge in [-0.25, -0.2) is 4.39 Å². The van der Waals surface area contributed by atoms with Crippen LogP contribution >= 0.6 is 0 Å². The van der Waals surface area contributed by atoms with Crippen LogP contribution in [0.5, 0.6) is 0 Å². The van der Waals surface area contributed by atoms with Crippen LogP contribution in [0.4, 0.5) is 14.5 Å². The fourth-order valence-corrected chi connectivity index (χ4v) is 2.00. The lowest BCUT2D eigenvalue weighted by Gasteiger charge is -2.08. The molecule has 21 heavy (non-hydrogen) atoms. The van der Waals surface area contributed by atoms with Crippen molar-refractivity contribution in [3.63, 3.8) is 0 Å². The first-order chi connectivity index (χ1) is 9.99. The molecule has 0 aliphatic carbocycles. The molecule has 4 nitrogen and oxygen atoms in total. The van der Waals surface area contributed by atoms with E-state index in [1.165, 1.54) is 0 Å². The number of hydrogen-bond donors (Lipinski definition) is 1. The number of benzene rings is 2. The van der Waals surface area contributed by atoms with Gasteiger partial charge in [0.1, 0.15) is 5.82 Å². The zero-order chi connectivity index (χ0) is 15.4. The Bertz CT molecular complexity index is 675. The second-order valence-corrected chi connectivity index (χ2v) is 4.68. The zero-order valence-electron chi connectivity index (χ0n) is 11.4. The fraction of sp³-hybridized carbons (Fsp3) is 0.200.